The highest BCUT2D eigenvalue weighted by Gasteiger charge is 2.48. The maximum atomic E-state index is 12.1. The Kier molecular flexibility index (Phi) is 16.4. The van der Waals surface area contributed by atoms with E-state index in [1.54, 1.807) is 26.4 Å². The highest BCUT2D eigenvalue weighted by Crippen LogP contribution is 2.51. The molecule has 18 heteroatoms. The van der Waals surface area contributed by atoms with Gasteiger partial charge in [0.25, 0.3) is 10.1 Å². The molecule has 0 saturated carbocycles. The van der Waals surface area contributed by atoms with E-state index in [0.29, 0.717) is 75.4 Å². The Hall–Kier alpha value is -3.75. The summed E-state index contributed by atoms with van der Waals surface area (Å²) in [6.07, 6.45) is 12.2. The maximum absolute atomic E-state index is 12.1. The predicted octanol–water partition coefficient (Wildman–Crippen LogP) is 5.19. The molecule has 15 nitrogen and oxygen atoms in total. The molecule has 0 radical (unpaired) electrons. The molecule has 2 aliphatic rings. The number of hydrogen-bond acceptors (Lipinski definition) is 12. The molecule has 2 atom stereocenters. The first-order valence-electron chi connectivity index (χ1n) is 19.4. The number of carboxylic acids is 1. The van der Waals surface area contributed by atoms with Crippen molar-refractivity contribution in [3.8, 4) is 0 Å². The fourth-order valence-corrected chi connectivity index (χ4v) is 9.65. The first kappa shape index (κ1) is 47.9. The second-order valence-electron chi connectivity index (χ2n) is 15.3. The number of benzene rings is 2. The van der Waals surface area contributed by atoms with Crippen LogP contribution < -0.4 is 4.90 Å². The second-order valence-corrected chi connectivity index (χ2v) is 19.8. The zero-order valence-corrected chi connectivity index (χ0v) is 36.4. The van der Waals surface area contributed by atoms with Gasteiger partial charge in [0.05, 0.1) is 39.4 Å². The van der Waals surface area contributed by atoms with Crippen LogP contribution in [0.25, 0.3) is 0 Å². The predicted molar refractivity (Wildman–Crippen MR) is 222 cm³/mol. The lowest BCUT2D eigenvalue weighted by Crippen LogP contribution is -2.32. The second kappa shape index (κ2) is 20.2. The van der Waals surface area contributed by atoms with Crippen molar-refractivity contribution < 1.29 is 62.9 Å². The van der Waals surface area contributed by atoms with Crippen LogP contribution in [-0.2, 0) is 61.9 Å². The number of anilines is 1. The molecule has 0 aliphatic carbocycles. The van der Waals surface area contributed by atoms with Gasteiger partial charge in [-0.3, -0.25) is 9.35 Å². The first-order valence-corrected chi connectivity index (χ1v) is 24.0. The minimum absolute atomic E-state index is 0.00199. The Balaban J connectivity index is 1.80. The summed E-state index contributed by atoms with van der Waals surface area (Å²) in [6.45, 7) is 5.68. The van der Waals surface area contributed by atoms with Gasteiger partial charge >= 0.3 is 5.97 Å². The van der Waals surface area contributed by atoms with Crippen LogP contribution in [0.2, 0.25) is 0 Å². The van der Waals surface area contributed by atoms with Crippen LogP contribution in [0, 0.1) is 0 Å². The van der Waals surface area contributed by atoms with E-state index in [2.05, 4.69) is 11.0 Å². The lowest BCUT2D eigenvalue weighted by molar-refractivity contribution is -0.438. The fourth-order valence-electron chi connectivity index (χ4n) is 8.14. The Morgan fingerprint density at radius 2 is 1.53 bits per heavy atom. The molecular weight excluding hydrogens is 825 g/mol. The van der Waals surface area contributed by atoms with Gasteiger partial charge < -0.3 is 28.6 Å². The molecule has 2 unspecified atom stereocenters. The summed E-state index contributed by atoms with van der Waals surface area (Å²) in [5.41, 5.74) is 3.95. The van der Waals surface area contributed by atoms with E-state index >= 15 is 0 Å². The lowest BCUT2D eigenvalue weighted by atomic mass is 9.76. The zero-order valence-electron chi connectivity index (χ0n) is 34.0. The number of fused-ring (bicyclic) bond motifs is 2. The van der Waals surface area contributed by atoms with Gasteiger partial charge in [0.1, 0.15) is 16.7 Å². The monoisotopic (exact) mass is 879 g/mol. The van der Waals surface area contributed by atoms with Crippen LogP contribution in [0.1, 0.15) is 81.9 Å². The van der Waals surface area contributed by atoms with Crippen molar-refractivity contribution >= 4 is 53.4 Å². The number of allylic oxidation sites excluding steroid dienone is 6. The van der Waals surface area contributed by atoms with Crippen LogP contribution in [0.3, 0.4) is 0 Å². The van der Waals surface area contributed by atoms with Crippen molar-refractivity contribution in [3.05, 3.63) is 89.2 Å². The number of rotatable bonds is 24. The molecule has 0 amide bonds. The lowest BCUT2D eigenvalue weighted by Gasteiger charge is -2.30. The minimum Gasteiger partial charge on any atom is -0.748 e. The van der Waals surface area contributed by atoms with E-state index in [4.69, 9.17) is 14.6 Å². The van der Waals surface area contributed by atoms with Gasteiger partial charge in [0.2, 0.25) is 5.69 Å². The summed E-state index contributed by atoms with van der Waals surface area (Å²) in [5.74, 6) is -1.95. The summed E-state index contributed by atoms with van der Waals surface area (Å²) in [4.78, 5) is 12.8. The number of hydrogen-bond donors (Lipinski definition) is 2. The molecular formula is C41H55N2O13S3-. The molecule has 2 aromatic rings. The van der Waals surface area contributed by atoms with Gasteiger partial charge in [-0.2, -0.15) is 13.0 Å². The van der Waals surface area contributed by atoms with Gasteiger partial charge in [-0.05, 0) is 94.2 Å². The van der Waals surface area contributed by atoms with E-state index in [1.165, 1.54) is 18.2 Å². The molecule has 0 saturated heterocycles. The van der Waals surface area contributed by atoms with Gasteiger partial charge in [0, 0.05) is 73.9 Å². The number of methoxy groups -OCH3 is 2. The molecule has 2 aromatic carbocycles. The van der Waals surface area contributed by atoms with Crippen LogP contribution in [0.5, 0.6) is 0 Å². The standard InChI is InChI=1S/C41H56N2O13S3/c1-40(21-11-27-57(46,47)48)33-29-31(20-25-55-3)16-18-35(33)43(24-26-56-4)38(40)14-8-5-7-13-37-41(2,22-12-28-58(49,50)51)34-30-32(59(52,53)54)17-19-36(34)42(37)23-10-6-9-15-39(44)45/h5,7-8,13-14,16-19,29-30H,6,9-12,15,20-28H2,1-4H3,(H3-,44,45,46,47,48,49,50,51,52,53,54)/p-1. The molecule has 0 fully saturated rings. The Labute approximate surface area is 348 Å². The van der Waals surface area contributed by atoms with Crippen molar-refractivity contribution in [2.45, 2.75) is 87.4 Å². The molecule has 326 valence electrons. The normalized spacial score (nSPS) is 20.4. The summed E-state index contributed by atoms with van der Waals surface area (Å²) in [7, 11) is -10.4. The third kappa shape index (κ3) is 12.6. The Bertz CT molecular complexity index is 2300. The maximum Gasteiger partial charge on any atom is 0.303 e. The number of unbranched alkanes of at least 4 members (excludes halogenated alkanes) is 2. The van der Waals surface area contributed by atoms with Crippen LogP contribution in [-0.4, -0.2) is 112 Å². The molecule has 2 aliphatic heterocycles. The smallest absolute Gasteiger partial charge is 0.303 e. The van der Waals surface area contributed by atoms with E-state index in [-0.39, 0.29) is 25.7 Å². The number of nitrogens with zero attached hydrogens (tertiary/aromatic N) is 2. The van der Waals surface area contributed by atoms with Crippen molar-refractivity contribution in [1.29, 1.82) is 0 Å². The van der Waals surface area contributed by atoms with Crippen molar-refractivity contribution in [2.24, 2.45) is 0 Å². The topological polar surface area (TPSA) is 231 Å². The summed E-state index contributed by atoms with van der Waals surface area (Å²) in [5, 5.41) is 9.12. The average Bonchev–Trinajstić information content (AvgIpc) is 3.50. The summed E-state index contributed by atoms with van der Waals surface area (Å²) >= 11 is 0. The highest BCUT2D eigenvalue weighted by molar-refractivity contribution is 7.86. The largest absolute Gasteiger partial charge is 0.748 e. The summed E-state index contributed by atoms with van der Waals surface area (Å²) < 4.78 is 117. The Morgan fingerprint density at radius 3 is 2.17 bits per heavy atom. The van der Waals surface area contributed by atoms with Crippen LogP contribution in [0.4, 0.5) is 11.4 Å². The number of carboxylic acid groups (broad SMARTS) is 1. The quantitative estimate of drug-likeness (QED) is 0.0598. The first-order chi connectivity index (χ1) is 27.6. The van der Waals surface area contributed by atoms with Gasteiger partial charge in [0.15, 0.2) is 5.71 Å². The van der Waals surface area contributed by atoms with Crippen LogP contribution in [0.15, 0.2) is 77.4 Å². The molecule has 0 spiro atoms. The van der Waals surface area contributed by atoms with Crippen molar-refractivity contribution in [2.75, 3.05) is 56.9 Å². The van der Waals surface area contributed by atoms with Gasteiger partial charge in [-0.1, -0.05) is 30.4 Å². The molecule has 2 N–H and O–H groups in total. The van der Waals surface area contributed by atoms with Crippen LogP contribution >= 0.6 is 0 Å². The third-order valence-corrected chi connectivity index (χ3v) is 13.5. The van der Waals surface area contributed by atoms with Crippen molar-refractivity contribution in [1.82, 2.24) is 0 Å². The minimum atomic E-state index is -4.85. The van der Waals surface area contributed by atoms with Crippen molar-refractivity contribution in [3.63, 3.8) is 0 Å². The van der Waals surface area contributed by atoms with Gasteiger partial charge in [-0.15, -0.1) is 0 Å². The number of ether oxygens (including phenoxy) is 2. The number of carbonyl (C=O) groups is 1. The molecule has 59 heavy (non-hydrogen) atoms. The highest BCUT2D eigenvalue weighted by atomic mass is 32.2. The Morgan fingerprint density at radius 1 is 0.831 bits per heavy atom. The molecule has 2 heterocycles. The van der Waals surface area contributed by atoms with E-state index in [1.807, 2.05) is 48.8 Å². The zero-order chi connectivity index (χ0) is 43.6. The molecule has 4 rings (SSSR count). The third-order valence-electron chi connectivity index (χ3n) is 11.1. The SMILES string of the molecule is COCCc1ccc2c(c1)C(C)(CCCS(=O)(=O)O)C(=CC=CC=CC1=[N+](CCCCCC(=O)O)c3ccc(S(=O)(=O)[O-])cc3C1(C)CCCS(=O)(=O)[O-])N2CCOC. The summed E-state index contributed by atoms with van der Waals surface area (Å²) in [6, 6.07) is 10.2. The van der Waals surface area contributed by atoms with E-state index < -0.39 is 63.6 Å². The van der Waals surface area contributed by atoms with E-state index in [0.717, 1.165) is 22.5 Å². The van der Waals surface area contributed by atoms with E-state index in [9.17, 15) is 43.7 Å². The molecule has 0 aromatic heterocycles. The fraction of sp³-hybridized carbons (Fsp3) is 0.512. The number of aliphatic carboxylic acids is 1. The molecule has 0 bridgehead atoms. The van der Waals surface area contributed by atoms with Gasteiger partial charge in [-0.25, -0.2) is 16.8 Å². The average molecular weight is 880 g/mol.